The van der Waals surface area contributed by atoms with E-state index >= 15 is 0 Å². The van der Waals surface area contributed by atoms with Crippen molar-refractivity contribution in [3.8, 4) is 0 Å². The van der Waals surface area contributed by atoms with Crippen molar-refractivity contribution in [2.45, 2.75) is 65.2 Å². The van der Waals surface area contributed by atoms with Gasteiger partial charge in [0.1, 0.15) is 17.5 Å². The zero-order chi connectivity index (χ0) is 25.8. The van der Waals surface area contributed by atoms with E-state index < -0.39 is 29.1 Å². The van der Waals surface area contributed by atoms with Gasteiger partial charge in [-0.3, -0.25) is 0 Å². The van der Waals surface area contributed by atoms with Crippen molar-refractivity contribution in [3.05, 3.63) is 70.0 Å². The first-order valence-corrected chi connectivity index (χ1v) is 12.1. The lowest BCUT2D eigenvalue weighted by Gasteiger charge is -2.16. The third kappa shape index (κ3) is 10.6. The maximum Gasteiger partial charge on any atom is 0.161 e. The van der Waals surface area contributed by atoms with Crippen LogP contribution in [0.15, 0.2) is 24.3 Å². The van der Waals surface area contributed by atoms with Crippen molar-refractivity contribution in [1.29, 1.82) is 0 Å². The van der Waals surface area contributed by atoms with E-state index in [0.29, 0.717) is 17.2 Å². The quantitative estimate of drug-likeness (QED) is 0.153. The Hall–Kier alpha value is -2.07. The monoisotopic (exact) mass is 500 g/mol. The van der Waals surface area contributed by atoms with Gasteiger partial charge in [-0.1, -0.05) is 0 Å². The highest BCUT2D eigenvalue weighted by Gasteiger charge is 2.11. The van der Waals surface area contributed by atoms with Crippen LogP contribution in [-0.4, -0.2) is 38.3 Å². The van der Waals surface area contributed by atoms with E-state index in [4.69, 9.17) is 0 Å². The number of benzene rings is 2. The van der Waals surface area contributed by atoms with Crippen LogP contribution in [0.3, 0.4) is 0 Å². The molecule has 0 aromatic heterocycles. The summed E-state index contributed by atoms with van der Waals surface area (Å²) in [5.74, 6) is -3.77. The fourth-order valence-corrected chi connectivity index (χ4v) is 3.52. The summed E-state index contributed by atoms with van der Waals surface area (Å²) in [5.41, 5.74) is 0.746. The molecule has 0 heterocycles. The molecule has 0 aliphatic rings. The first-order chi connectivity index (χ1) is 16.7. The summed E-state index contributed by atoms with van der Waals surface area (Å²) in [5, 5.41) is 13.1. The summed E-state index contributed by atoms with van der Waals surface area (Å²) >= 11 is 0. The van der Waals surface area contributed by atoms with E-state index in [1.165, 1.54) is 12.1 Å². The van der Waals surface area contributed by atoms with Crippen LogP contribution in [-0.2, 0) is 13.1 Å². The van der Waals surface area contributed by atoms with Crippen LogP contribution in [0.4, 0.5) is 22.0 Å². The summed E-state index contributed by atoms with van der Waals surface area (Å²) in [6.45, 7) is 9.26. The molecule has 196 valence electrons. The first kappa shape index (κ1) is 29.2. The Labute approximate surface area is 205 Å². The second kappa shape index (κ2) is 15.1. The van der Waals surface area contributed by atoms with Gasteiger partial charge in [0.15, 0.2) is 11.6 Å². The zero-order valence-electron chi connectivity index (χ0n) is 20.7. The molecule has 4 nitrogen and oxygen atoms in total. The Kier molecular flexibility index (Phi) is 12.6. The Morgan fingerprint density at radius 2 is 1.06 bits per heavy atom. The van der Waals surface area contributed by atoms with E-state index in [1.807, 2.05) is 13.8 Å². The zero-order valence-corrected chi connectivity index (χ0v) is 20.7. The largest absolute Gasteiger partial charge is 0.317 e. The lowest BCUT2D eigenvalue weighted by Crippen LogP contribution is -2.32. The standard InChI is InChI=1S/C26H37F5N4/c1-17-11-23(28)20(12-22(17)27)15-34-18(2)5-9-32-7-4-8-33-10-6-19(3)35-16-21-13-25(30)26(31)14-24(21)29/h11-14,18-19,32-35H,4-10,15-16H2,1-3H3. The van der Waals surface area contributed by atoms with Gasteiger partial charge in [-0.25, -0.2) is 22.0 Å². The minimum Gasteiger partial charge on any atom is -0.317 e. The Bertz CT molecular complexity index is 852. The van der Waals surface area contributed by atoms with Gasteiger partial charge in [0, 0.05) is 42.4 Å². The van der Waals surface area contributed by atoms with Crippen LogP contribution >= 0.6 is 0 Å². The highest BCUT2D eigenvalue weighted by Crippen LogP contribution is 2.15. The molecule has 0 amide bonds. The number of halogens is 5. The normalized spacial score (nSPS) is 13.3. The molecule has 0 spiro atoms. The lowest BCUT2D eigenvalue weighted by atomic mass is 10.1. The maximum atomic E-state index is 13.9. The predicted molar refractivity (Wildman–Crippen MR) is 130 cm³/mol. The minimum atomic E-state index is -1.18. The molecule has 0 radical (unpaired) electrons. The average Bonchev–Trinajstić information content (AvgIpc) is 2.80. The van der Waals surface area contributed by atoms with E-state index in [0.717, 1.165) is 51.5 Å². The number of aryl methyl sites for hydroxylation is 1. The van der Waals surface area contributed by atoms with Gasteiger partial charge in [0.25, 0.3) is 0 Å². The van der Waals surface area contributed by atoms with E-state index in [-0.39, 0.29) is 30.7 Å². The number of hydrogen-bond acceptors (Lipinski definition) is 4. The topological polar surface area (TPSA) is 48.1 Å². The molecular formula is C26H37F5N4. The van der Waals surface area contributed by atoms with Gasteiger partial charge in [-0.2, -0.15) is 0 Å². The minimum absolute atomic E-state index is 0.0898. The van der Waals surface area contributed by atoms with E-state index in [2.05, 4.69) is 21.3 Å². The smallest absolute Gasteiger partial charge is 0.161 e. The molecule has 0 bridgehead atoms. The highest BCUT2D eigenvalue weighted by atomic mass is 19.2. The van der Waals surface area contributed by atoms with Gasteiger partial charge < -0.3 is 21.3 Å². The second-order valence-electron chi connectivity index (χ2n) is 9.05. The van der Waals surface area contributed by atoms with Crippen LogP contribution in [0.25, 0.3) is 0 Å². The summed E-state index contributed by atoms with van der Waals surface area (Å²) in [6, 6.07) is 4.18. The lowest BCUT2D eigenvalue weighted by molar-refractivity contribution is 0.462. The van der Waals surface area contributed by atoms with Crippen molar-refractivity contribution >= 4 is 0 Å². The van der Waals surface area contributed by atoms with Crippen molar-refractivity contribution in [3.63, 3.8) is 0 Å². The van der Waals surface area contributed by atoms with Gasteiger partial charge in [0.05, 0.1) is 0 Å². The van der Waals surface area contributed by atoms with Gasteiger partial charge in [-0.05, 0) is 90.0 Å². The molecule has 0 saturated heterocycles. The molecule has 9 heteroatoms. The van der Waals surface area contributed by atoms with E-state index in [1.54, 1.807) is 6.92 Å². The third-order valence-corrected chi connectivity index (χ3v) is 5.91. The van der Waals surface area contributed by atoms with Crippen molar-refractivity contribution in [2.24, 2.45) is 0 Å². The van der Waals surface area contributed by atoms with Gasteiger partial charge in [-0.15, -0.1) is 0 Å². The molecule has 0 aliphatic heterocycles. The fraction of sp³-hybridized carbons (Fsp3) is 0.538. The number of rotatable bonds is 16. The molecule has 0 aliphatic carbocycles. The van der Waals surface area contributed by atoms with Crippen molar-refractivity contribution < 1.29 is 22.0 Å². The molecule has 4 N–H and O–H groups in total. The Morgan fingerprint density at radius 1 is 0.600 bits per heavy atom. The average molecular weight is 501 g/mol. The molecular weight excluding hydrogens is 463 g/mol. The third-order valence-electron chi connectivity index (χ3n) is 5.91. The molecule has 0 saturated carbocycles. The van der Waals surface area contributed by atoms with Crippen LogP contribution in [0.5, 0.6) is 0 Å². The number of nitrogens with one attached hydrogen (secondary N) is 4. The van der Waals surface area contributed by atoms with Crippen molar-refractivity contribution in [2.75, 3.05) is 26.2 Å². The van der Waals surface area contributed by atoms with Crippen LogP contribution < -0.4 is 21.3 Å². The summed E-state index contributed by atoms with van der Waals surface area (Å²) in [6.07, 6.45) is 2.63. The number of hydrogen-bond donors (Lipinski definition) is 4. The molecule has 2 atom stereocenters. The maximum absolute atomic E-state index is 13.9. The van der Waals surface area contributed by atoms with Crippen molar-refractivity contribution in [1.82, 2.24) is 21.3 Å². The van der Waals surface area contributed by atoms with Gasteiger partial charge in [0.2, 0.25) is 0 Å². The summed E-state index contributed by atoms with van der Waals surface area (Å²) in [4.78, 5) is 0. The summed E-state index contributed by atoms with van der Waals surface area (Å²) < 4.78 is 67.4. The Balaban J connectivity index is 1.46. The SMILES string of the molecule is Cc1cc(F)c(CNC(C)CCNCCCNCCC(C)NCc2cc(F)c(F)cc2F)cc1F. The first-order valence-electron chi connectivity index (χ1n) is 12.1. The highest BCUT2D eigenvalue weighted by molar-refractivity contribution is 5.25. The Morgan fingerprint density at radius 3 is 1.60 bits per heavy atom. The molecule has 35 heavy (non-hydrogen) atoms. The van der Waals surface area contributed by atoms with Crippen LogP contribution in [0.1, 0.15) is 49.8 Å². The fourth-order valence-electron chi connectivity index (χ4n) is 3.52. The molecule has 2 rings (SSSR count). The van der Waals surface area contributed by atoms with Crippen LogP contribution in [0, 0.1) is 36.0 Å². The molecule has 2 aromatic rings. The second-order valence-corrected chi connectivity index (χ2v) is 9.05. The summed E-state index contributed by atoms with van der Waals surface area (Å²) in [7, 11) is 0. The molecule has 2 aromatic carbocycles. The molecule has 0 fully saturated rings. The van der Waals surface area contributed by atoms with E-state index in [9.17, 15) is 22.0 Å². The predicted octanol–water partition coefficient (Wildman–Crippen LogP) is 4.70. The van der Waals surface area contributed by atoms with Crippen LogP contribution in [0.2, 0.25) is 0 Å². The van der Waals surface area contributed by atoms with Gasteiger partial charge >= 0.3 is 0 Å². The molecule has 2 unspecified atom stereocenters.